The Labute approximate surface area is 139 Å². The van der Waals surface area contributed by atoms with Crippen LogP contribution in [0.5, 0.6) is 0 Å². The number of hydrogen-bond donors (Lipinski definition) is 1. The third-order valence-electron chi connectivity index (χ3n) is 3.69. The number of benzene rings is 1. The Bertz CT molecular complexity index is 1080. The summed E-state index contributed by atoms with van der Waals surface area (Å²) in [6, 6.07) is 7.62. The molecule has 6 heteroatoms. The number of imidazole rings is 1. The minimum atomic E-state index is -0.186. The molecule has 1 N–H and O–H groups in total. The Hall–Kier alpha value is -3.02. The van der Waals surface area contributed by atoms with Gasteiger partial charge in [0.15, 0.2) is 5.65 Å². The lowest BCUT2D eigenvalue weighted by Gasteiger charge is -2.05. The normalized spacial score (nSPS) is 10.7. The summed E-state index contributed by atoms with van der Waals surface area (Å²) >= 11 is 0. The molecule has 0 aliphatic carbocycles. The van der Waals surface area contributed by atoms with Gasteiger partial charge in [0.1, 0.15) is 0 Å². The van der Waals surface area contributed by atoms with Crippen LogP contribution < -0.4 is 5.56 Å². The van der Waals surface area contributed by atoms with Crippen molar-refractivity contribution in [3.8, 4) is 11.3 Å². The second-order valence-corrected chi connectivity index (χ2v) is 5.36. The number of H-pyrrole nitrogens is 1. The number of aromatic nitrogens is 5. The van der Waals surface area contributed by atoms with Crippen molar-refractivity contribution in [1.29, 1.82) is 0 Å². The standard InChI is InChI=1S/C16H13N5O.C2H6/c1-9-5-14(20-21-8-10(2)18-15(9)21)11-3-4-13-12(6-11)7-17-19-16(13)22;1-2/h3-8H,1-2H3,(H,19,22);1-2H3. The van der Waals surface area contributed by atoms with Crippen LogP contribution in [0, 0.1) is 13.8 Å². The van der Waals surface area contributed by atoms with E-state index >= 15 is 0 Å². The van der Waals surface area contributed by atoms with Gasteiger partial charge in [-0.25, -0.2) is 14.6 Å². The molecule has 0 radical (unpaired) electrons. The molecule has 24 heavy (non-hydrogen) atoms. The topological polar surface area (TPSA) is 75.9 Å². The zero-order valence-electron chi connectivity index (χ0n) is 14.2. The lowest BCUT2D eigenvalue weighted by molar-refractivity contribution is 0.933. The molecular weight excluding hydrogens is 302 g/mol. The first-order valence-corrected chi connectivity index (χ1v) is 7.93. The summed E-state index contributed by atoms with van der Waals surface area (Å²) in [6.07, 6.45) is 3.55. The molecule has 0 fully saturated rings. The molecule has 0 unspecified atom stereocenters. The minimum Gasteiger partial charge on any atom is -0.267 e. The summed E-state index contributed by atoms with van der Waals surface area (Å²) in [4.78, 5) is 16.2. The van der Waals surface area contributed by atoms with Crippen molar-refractivity contribution in [2.24, 2.45) is 0 Å². The number of hydrogen-bond acceptors (Lipinski definition) is 4. The van der Waals surface area contributed by atoms with Gasteiger partial charge in [-0.05, 0) is 37.6 Å². The van der Waals surface area contributed by atoms with Gasteiger partial charge >= 0.3 is 0 Å². The molecule has 0 atom stereocenters. The van der Waals surface area contributed by atoms with Crippen molar-refractivity contribution in [2.75, 3.05) is 0 Å². The van der Waals surface area contributed by atoms with Crippen LogP contribution in [0.25, 0.3) is 27.7 Å². The largest absolute Gasteiger partial charge is 0.272 e. The highest BCUT2D eigenvalue weighted by Gasteiger charge is 2.08. The smallest absolute Gasteiger partial charge is 0.267 e. The number of nitrogens with one attached hydrogen (secondary N) is 1. The zero-order valence-corrected chi connectivity index (χ0v) is 14.2. The monoisotopic (exact) mass is 321 g/mol. The molecule has 4 rings (SSSR count). The second kappa shape index (κ2) is 6.23. The van der Waals surface area contributed by atoms with Crippen LogP contribution in [-0.4, -0.2) is 24.8 Å². The Morgan fingerprint density at radius 1 is 1.12 bits per heavy atom. The van der Waals surface area contributed by atoms with E-state index in [1.54, 1.807) is 16.8 Å². The van der Waals surface area contributed by atoms with E-state index in [2.05, 4.69) is 20.3 Å². The molecule has 0 saturated heterocycles. The molecule has 4 aromatic rings. The molecule has 6 nitrogen and oxygen atoms in total. The molecule has 0 bridgehead atoms. The van der Waals surface area contributed by atoms with Gasteiger partial charge in [-0.1, -0.05) is 19.9 Å². The highest BCUT2D eigenvalue weighted by molar-refractivity contribution is 5.85. The Balaban J connectivity index is 0.000000815. The fourth-order valence-electron chi connectivity index (χ4n) is 2.64. The minimum absolute atomic E-state index is 0.186. The molecule has 3 aromatic heterocycles. The molecule has 3 heterocycles. The van der Waals surface area contributed by atoms with Crippen molar-refractivity contribution in [1.82, 2.24) is 24.8 Å². The van der Waals surface area contributed by atoms with Crippen LogP contribution in [-0.2, 0) is 0 Å². The van der Waals surface area contributed by atoms with Crippen LogP contribution in [0.2, 0.25) is 0 Å². The summed E-state index contributed by atoms with van der Waals surface area (Å²) < 4.78 is 1.79. The van der Waals surface area contributed by atoms with Crippen LogP contribution in [0.3, 0.4) is 0 Å². The highest BCUT2D eigenvalue weighted by Crippen LogP contribution is 2.23. The average molecular weight is 321 g/mol. The number of nitrogens with zero attached hydrogens (tertiary/aromatic N) is 4. The van der Waals surface area contributed by atoms with Crippen molar-refractivity contribution < 1.29 is 0 Å². The van der Waals surface area contributed by atoms with E-state index in [1.807, 2.05) is 52.1 Å². The lowest BCUT2D eigenvalue weighted by atomic mass is 10.1. The van der Waals surface area contributed by atoms with Crippen LogP contribution in [0.4, 0.5) is 0 Å². The van der Waals surface area contributed by atoms with Gasteiger partial charge in [0.2, 0.25) is 0 Å². The number of aromatic amines is 1. The molecule has 0 aliphatic rings. The lowest BCUT2D eigenvalue weighted by Crippen LogP contribution is -2.07. The molecule has 122 valence electrons. The third-order valence-corrected chi connectivity index (χ3v) is 3.69. The first-order chi connectivity index (χ1) is 11.6. The average Bonchev–Trinajstić information content (AvgIpc) is 2.97. The quantitative estimate of drug-likeness (QED) is 0.584. The first kappa shape index (κ1) is 15.9. The van der Waals surface area contributed by atoms with Gasteiger partial charge in [-0.2, -0.15) is 10.2 Å². The van der Waals surface area contributed by atoms with Crippen LogP contribution in [0.15, 0.2) is 41.5 Å². The van der Waals surface area contributed by atoms with E-state index < -0.39 is 0 Å². The maximum absolute atomic E-state index is 11.7. The van der Waals surface area contributed by atoms with E-state index in [0.717, 1.165) is 33.5 Å². The Kier molecular flexibility index (Phi) is 4.12. The molecule has 0 spiro atoms. The van der Waals surface area contributed by atoms with Crippen LogP contribution >= 0.6 is 0 Å². The third kappa shape index (κ3) is 2.67. The van der Waals surface area contributed by atoms with Gasteiger partial charge in [0.25, 0.3) is 5.56 Å². The Morgan fingerprint density at radius 3 is 2.71 bits per heavy atom. The van der Waals surface area contributed by atoms with Gasteiger partial charge in [0, 0.05) is 10.9 Å². The second-order valence-electron chi connectivity index (χ2n) is 5.36. The van der Waals surface area contributed by atoms with Gasteiger partial charge in [-0.15, -0.1) is 0 Å². The van der Waals surface area contributed by atoms with Gasteiger partial charge < -0.3 is 0 Å². The SMILES string of the molecule is CC.Cc1cn2nc(-c3ccc4c(=O)[nH]ncc4c3)cc(C)c2n1. The van der Waals surface area contributed by atoms with Crippen molar-refractivity contribution in [2.45, 2.75) is 27.7 Å². The number of aryl methyl sites for hydroxylation is 2. The molecule has 0 aliphatic heterocycles. The molecule has 0 saturated carbocycles. The molecule has 1 aromatic carbocycles. The molecular formula is C18H19N5O. The van der Waals surface area contributed by atoms with E-state index in [0.29, 0.717) is 5.39 Å². The fraction of sp³-hybridized carbons (Fsp3) is 0.222. The number of fused-ring (bicyclic) bond motifs is 2. The maximum Gasteiger partial charge on any atom is 0.272 e. The molecule has 0 amide bonds. The van der Waals surface area contributed by atoms with Gasteiger partial charge in [-0.3, -0.25) is 4.79 Å². The van der Waals surface area contributed by atoms with E-state index in [1.165, 1.54) is 0 Å². The van der Waals surface area contributed by atoms with E-state index in [-0.39, 0.29) is 5.56 Å². The summed E-state index contributed by atoms with van der Waals surface area (Å²) in [5, 5.41) is 12.3. The highest BCUT2D eigenvalue weighted by atomic mass is 16.1. The van der Waals surface area contributed by atoms with Crippen molar-refractivity contribution >= 4 is 16.4 Å². The summed E-state index contributed by atoms with van der Waals surface area (Å²) in [7, 11) is 0. The summed E-state index contributed by atoms with van der Waals surface area (Å²) in [5.74, 6) is 0. The first-order valence-electron chi connectivity index (χ1n) is 7.93. The predicted molar refractivity (Wildman–Crippen MR) is 95.2 cm³/mol. The predicted octanol–water partition coefficient (Wildman–Crippen LogP) is 3.28. The fourth-order valence-corrected chi connectivity index (χ4v) is 2.64. The summed E-state index contributed by atoms with van der Waals surface area (Å²) in [5.41, 5.74) is 4.44. The van der Waals surface area contributed by atoms with E-state index in [9.17, 15) is 4.79 Å². The Morgan fingerprint density at radius 2 is 1.92 bits per heavy atom. The van der Waals surface area contributed by atoms with E-state index in [4.69, 9.17) is 0 Å². The van der Waals surface area contributed by atoms with Crippen LogP contribution in [0.1, 0.15) is 25.1 Å². The maximum atomic E-state index is 11.7. The van der Waals surface area contributed by atoms with Gasteiger partial charge in [0.05, 0.1) is 29.2 Å². The zero-order chi connectivity index (χ0) is 17.3. The van der Waals surface area contributed by atoms with Crippen molar-refractivity contribution in [3.05, 3.63) is 58.3 Å². The number of rotatable bonds is 1. The summed E-state index contributed by atoms with van der Waals surface area (Å²) in [6.45, 7) is 7.96. The van der Waals surface area contributed by atoms with Crippen molar-refractivity contribution in [3.63, 3.8) is 0 Å².